The Morgan fingerprint density at radius 1 is 1.38 bits per heavy atom. The van der Waals surface area contributed by atoms with E-state index in [4.69, 9.17) is 16.3 Å². The van der Waals surface area contributed by atoms with Gasteiger partial charge >= 0.3 is 5.97 Å². The summed E-state index contributed by atoms with van der Waals surface area (Å²) in [7, 11) is 1.34. The number of imidazole rings is 1. The van der Waals surface area contributed by atoms with Crippen molar-refractivity contribution in [1.82, 2.24) is 9.55 Å². The summed E-state index contributed by atoms with van der Waals surface area (Å²) in [4.78, 5) is 28.9. The van der Waals surface area contributed by atoms with Gasteiger partial charge < -0.3 is 14.6 Å². The standard InChI is InChI=1S/C17H18ClN3O3/c1-24-17(23)15-16(20-14-7-2-3-8-21(14)15)19-10-13(22)11-5-4-6-12(18)9-11/h4-6,9,19H,2-3,7-8,10H2,1H3. The number of esters is 1. The van der Waals surface area contributed by atoms with E-state index < -0.39 is 5.97 Å². The van der Waals surface area contributed by atoms with Gasteiger partial charge in [-0.25, -0.2) is 9.78 Å². The molecular formula is C17H18ClN3O3. The van der Waals surface area contributed by atoms with Gasteiger partial charge in [-0.2, -0.15) is 0 Å². The largest absolute Gasteiger partial charge is 0.464 e. The number of ether oxygens (including phenoxy) is 1. The van der Waals surface area contributed by atoms with Crippen LogP contribution in [0.15, 0.2) is 24.3 Å². The maximum Gasteiger partial charge on any atom is 0.358 e. The molecule has 2 heterocycles. The number of halogens is 1. The highest BCUT2D eigenvalue weighted by molar-refractivity contribution is 6.31. The van der Waals surface area contributed by atoms with Crippen molar-refractivity contribution in [3.05, 3.63) is 46.4 Å². The summed E-state index contributed by atoms with van der Waals surface area (Å²) in [6.07, 6.45) is 2.85. The molecule has 0 saturated heterocycles. The summed E-state index contributed by atoms with van der Waals surface area (Å²) in [5.41, 5.74) is 0.893. The molecule has 0 fully saturated rings. The lowest BCUT2D eigenvalue weighted by Crippen LogP contribution is -2.19. The summed E-state index contributed by atoms with van der Waals surface area (Å²) >= 11 is 5.91. The van der Waals surface area contributed by atoms with Gasteiger partial charge in [0.1, 0.15) is 5.82 Å². The second-order valence-electron chi connectivity index (χ2n) is 5.61. The number of ketones is 1. The topological polar surface area (TPSA) is 73.2 Å². The van der Waals surface area contributed by atoms with Crippen LogP contribution in [0.25, 0.3) is 0 Å². The molecule has 0 spiro atoms. The summed E-state index contributed by atoms with van der Waals surface area (Å²) in [6.45, 7) is 0.761. The fourth-order valence-corrected chi connectivity index (χ4v) is 3.03. The quantitative estimate of drug-likeness (QED) is 0.665. The van der Waals surface area contributed by atoms with Gasteiger partial charge in [0, 0.05) is 23.6 Å². The summed E-state index contributed by atoms with van der Waals surface area (Å²) in [6, 6.07) is 6.76. The Morgan fingerprint density at radius 2 is 2.21 bits per heavy atom. The summed E-state index contributed by atoms with van der Waals surface area (Å²) in [5.74, 6) is 0.668. The van der Waals surface area contributed by atoms with Crippen LogP contribution >= 0.6 is 11.6 Å². The molecule has 0 saturated carbocycles. The molecule has 0 unspecified atom stereocenters. The number of benzene rings is 1. The average molecular weight is 348 g/mol. The number of aryl methyl sites for hydroxylation is 1. The number of carbonyl (C=O) groups is 2. The number of fused-ring (bicyclic) bond motifs is 1. The first-order chi connectivity index (χ1) is 11.6. The van der Waals surface area contributed by atoms with Crippen molar-refractivity contribution < 1.29 is 14.3 Å². The van der Waals surface area contributed by atoms with Crippen molar-refractivity contribution in [2.75, 3.05) is 19.0 Å². The fourth-order valence-electron chi connectivity index (χ4n) is 2.84. The number of Topliss-reactive ketones (excluding diaryl/α,β-unsaturated/α-hetero) is 1. The predicted molar refractivity (Wildman–Crippen MR) is 90.8 cm³/mol. The molecule has 0 aliphatic carbocycles. The monoisotopic (exact) mass is 347 g/mol. The molecule has 7 heteroatoms. The van der Waals surface area contributed by atoms with Crippen LogP contribution in [-0.2, 0) is 17.7 Å². The molecule has 1 aromatic heterocycles. The van der Waals surface area contributed by atoms with Gasteiger partial charge in [-0.05, 0) is 25.0 Å². The number of rotatable bonds is 5. The van der Waals surface area contributed by atoms with E-state index in [1.165, 1.54) is 7.11 Å². The predicted octanol–water partition coefficient (Wildman–Crippen LogP) is 2.95. The van der Waals surface area contributed by atoms with Gasteiger partial charge in [-0.15, -0.1) is 0 Å². The number of anilines is 1. The van der Waals surface area contributed by atoms with Crippen LogP contribution < -0.4 is 5.32 Å². The van der Waals surface area contributed by atoms with Crippen LogP contribution in [0.3, 0.4) is 0 Å². The Morgan fingerprint density at radius 3 is 2.96 bits per heavy atom. The first kappa shape index (κ1) is 16.5. The van der Waals surface area contributed by atoms with E-state index in [0.717, 1.165) is 31.6 Å². The molecule has 2 aromatic rings. The van der Waals surface area contributed by atoms with E-state index in [-0.39, 0.29) is 12.3 Å². The number of nitrogens with zero attached hydrogens (tertiary/aromatic N) is 2. The fraction of sp³-hybridized carbons (Fsp3) is 0.353. The maximum atomic E-state index is 12.3. The van der Waals surface area contributed by atoms with Crippen molar-refractivity contribution >= 4 is 29.2 Å². The molecule has 1 N–H and O–H groups in total. The van der Waals surface area contributed by atoms with Crippen LogP contribution in [0.4, 0.5) is 5.82 Å². The van der Waals surface area contributed by atoms with Gasteiger partial charge in [0.15, 0.2) is 17.3 Å². The van der Waals surface area contributed by atoms with Gasteiger partial charge in [-0.3, -0.25) is 4.79 Å². The second-order valence-corrected chi connectivity index (χ2v) is 6.05. The molecule has 126 valence electrons. The molecule has 1 aromatic carbocycles. The zero-order valence-electron chi connectivity index (χ0n) is 13.3. The van der Waals surface area contributed by atoms with Gasteiger partial charge in [-0.1, -0.05) is 23.7 Å². The highest BCUT2D eigenvalue weighted by Gasteiger charge is 2.25. The Hall–Kier alpha value is -2.34. The molecule has 3 rings (SSSR count). The van der Waals surface area contributed by atoms with Gasteiger partial charge in [0.05, 0.1) is 13.7 Å². The number of carbonyl (C=O) groups excluding carboxylic acids is 2. The van der Waals surface area contributed by atoms with E-state index >= 15 is 0 Å². The minimum atomic E-state index is -0.451. The molecule has 0 radical (unpaired) electrons. The third-order valence-electron chi connectivity index (χ3n) is 4.02. The lowest BCUT2D eigenvalue weighted by molar-refractivity contribution is 0.0588. The van der Waals surface area contributed by atoms with Crippen LogP contribution in [0.1, 0.15) is 39.5 Å². The maximum absolute atomic E-state index is 12.3. The van der Waals surface area contributed by atoms with E-state index in [1.807, 2.05) is 4.57 Å². The molecule has 0 bridgehead atoms. The van der Waals surface area contributed by atoms with Crippen LogP contribution in [0.2, 0.25) is 5.02 Å². The lowest BCUT2D eigenvalue weighted by Gasteiger charge is -2.15. The highest BCUT2D eigenvalue weighted by atomic mass is 35.5. The summed E-state index contributed by atoms with van der Waals surface area (Å²) in [5, 5.41) is 3.49. The van der Waals surface area contributed by atoms with Crippen molar-refractivity contribution in [3.8, 4) is 0 Å². The van der Waals surface area contributed by atoms with Crippen molar-refractivity contribution in [3.63, 3.8) is 0 Å². The number of nitrogens with one attached hydrogen (secondary N) is 1. The number of aromatic nitrogens is 2. The Kier molecular flexibility index (Phi) is 4.85. The number of hydrogen-bond donors (Lipinski definition) is 1. The zero-order chi connectivity index (χ0) is 17.1. The molecule has 1 aliphatic heterocycles. The molecular weight excluding hydrogens is 330 g/mol. The van der Waals surface area contributed by atoms with Crippen LogP contribution in [-0.4, -0.2) is 35.0 Å². The van der Waals surface area contributed by atoms with E-state index in [0.29, 0.717) is 22.1 Å². The van der Waals surface area contributed by atoms with Crippen molar-refractivity contribution in [2.45, 2.75) is 25.8 Å². The third kappa shape index (κ3) is 3.28. The van der Waals surface area contributed by atoms with Crippen molar-refractivity contribution in [1.29, 1.82) is 0 Å². The van der Waals surface area contributed by atoms with Gasteiger partial charge in [0.25, 0.3) is 0 Å². The molecule has 1 aliphatic rings. The van der Waals surface area contributed by atoms with Crippen molar-refractivity contribution in [2.24, 2.45) is 0 Å². The zero-order valence-corrected chi connectivity index (χ0v) is 14.1. The summed E-state index contributed by atoms with van der Waals surface area (Å²) < 4.78 is 6.74. The number of hydrogen-bond acceptors (Lipinski definition) is 5. The average Bonchev–Trinajstić information content (AvgIpc) is 2.97. The smallest absolute Gasteiger partial charge is 0.358 e. The van der Waals surface area contributed by atoms with Crippen LogP contribution in [0.5, 0.6) is 0 Å². The molecule has 24 heavy (non-hydrogen) atoms. The minimum absolute atomic E-state index is 0.0286. The second kappa shape index (κ2) is 7.05. The van der Waals surface area contributed by atoms with E-state index in [9.17, 15) is 9.59 Å². The first-order valence-electron chi connectivity index (χ1n) is 7.80. The third-order valence-corrected chi connectivity index (χ3v) is 4.26. The molecule has 0 atom stereocenters. The van der Waals surface area contributed by atoms with E-state index in [2.05, 4.69) is 10.3 Å². The highest BCUT2D eigenvalue weighted by Crippen LogP contribution is 2.24. The number of methoxy groups -OCH3 is 1. The Bertz CT molecular complexity index is 785. The first-order valence-corrected chi connectivity index (χ1v) is 8.18. The van der Waals surface area contributed by atoms with E-state index in [1.54, 1.807) is 24.3 Å². The minimum Gasteiger partial charge on any atom is -0.464 e. The molecule has 6 nitrogen and oxygen atoms in total. The molecule has 0 amide bonds. The SMILES string of the molecule is COC(=O)c1c(NCC(=O)c2cccc(Cl)c2)nc2n1CCCC2. The lowest BCUT2D eigenvalue weighted by atomic mass is 10.1. The Balaban J connectivity index is 1.81. The normalized spacial score (nSPS) is 13.2. The van der Waals surface area contributed by atoms with Gasteiger partial charge in [0.2, 0.25) is 0 Å². The van der Waals surface area contributed by atoms with Crippen LogP contribution in [0, 0.1) is 0 Å². The Labute approximate surface area is 144 Å².